The summed E-state index contributed by atoms with van der Waals surface area (Å²) in [6, 6.07) is 7.41. The number of alkyl halides is 1. The first-order valence-corrected chi connectivity index (χ1v) is 13.0. The van der Waals surface area contributed by atoms with Crippen LogP contribution in [0.2, 0.25) is 0 Å². The lowest BCUT2D eigenvalue weighted by Crippen LogP contribution is -2.25. The van der Waals surface area contributed by atoms with E-state index in [0.717, 1.165) is 36.2 Å². The molecule has 4 aromatic rings. The van der Waals surface area contributed by atoms with Gasteiger partial charge in [0.25, 0.3) is 0 Å². The fourth-order valence-electron chi connectivity index (χ4n) is 5.93. The van der Waals surface area contributed by atoms with E-state index in [-0.39, 0.29) is 41.6 Å². The van der Waals surface area contributed by atoms with Crippen LogP contribution in [0.25, 0.3) is 16.8 Å². The molecule has 2 atom stereocenters. The molecule has 196 valence electrons. The highest BCUT2D eigenvalue weighted by atomic mass is 19.1. The predicted octanol–water partition coefficient (Wildman–Crippen LogP) is 6.70. The minimum Gasteiger partial charge on any atom is -0.324 e. The summed E-state index contributed by atoms with van der Waals surface area (Å²) >= 11 is 0. The van der Waals surface area contributed by atoms with E-state index in [4.69, 9.17) is 5.73 Å². The second kappa shape index (κ2) is 9.54. The second-order valence-corrected chi connectivity index (χ2v) is 10.5. The first-order chi connectivity index (χ1) is 18.3. The van der Waals surface area contributed by atoms with Crippen molar-refractivity contribution in [1.82, 2.24) is 19.6 Å². The first kappa shape index (κ1) is 24.6. The minimum absolute atomic E-state index is 0.0108. The number of hydrogen-bond acceptors (Lipinski definition) is 5. The van der Waals surface area contributed by atoms with Crippen molar-refractivity contribution in [3.63, 3.8) is 0 Å². The number of halogens is 3. The fraction of sp³-hybridized carbons (Fsp3) is 0.345. The van der Waals surface area contributed by atoms with Crippen molar-refractivity contribution in [2.75, 3.05) is 5.32 Å². The Morgan fingerprint density at radius 2 is 1.84 bits per heavy atom. The maximum absolute atomic E-state index is 15.2. The molecule has 38 heavy (non-hydrogen) atoms. The third-order valence-corrected chi connectivity index (χ3v) is 7.76. The van der Waals surface area contributed by atoms with Crippen LogP contribution in [0.1, 0.15) is 62.5 Å². The van der Waals surface area contributed by atoms with E-state index >= 15 is 13.2 Å². The zero-order valence-corrected chi connectivity index (χ0v) is 21.1. The van der Waals surface area contributed by atoms with Gasteiger partial charge >= 0.3 is 0 Å². The molecule has 0 radical (unpaired) electrons. The molecule has 0 aliphatic heterocycles. The van der Waals surface area contributed by atoms with Crippen molar-refractivity contribution >= 4 is 17.2 Å². The van der Waals surface area contributed by atoms with E-state index in [2.05, 4.69) is 33.4 Å². The number of benzene rings is 1. The van der Waals surface area contributed by atoms with Gasteiger partial charge in [0.1, 0.15) is 17.3 Å². The number of rotatable bonds is 5. The largest absolute Gasteiger partial charge is 0.324 e. The van der Waals surface area contributed by atoms with Crippen molar-refractivity contribution in [3.8, 4) is 11.3 Å². The maximum atomic E-state index is 15.2. The summed E-state index contributed by atoms with van der Waals surface area (Å²) in [6.07, 6.45) is 10.9. The zero-order chi connectivity index (χ0) is 26.4. The Morgan fingerprint density at radius 1 is 1.08 bits per heavy atom. The molecule has 1 fully saturated rings. The Bertz CT molecular complexity index is 1520. The number of pyridine rings is 1. The summed E-state index contributed by atoms with van der Waals surface area (Å²) in [4.78, 5) is 8.73. The van der Waals surface area contributed by atoms with Gasteiger partial charge in [-0.2, -0.15) is 9.61 Å². The van der Waals surface area contributed by atoms with Gasteiger partial charge < -0.3 is 11.1 Å². The topological polar surface area (TPSA) is 81.1 Å². The number of imidazole rings is 1. The quantitative estimate of drug-likeness (QED) is 0.287. The summed E-state index contributed by atoms with van der Waals surface area (Å²) in [5.41, 5.74) is 8.13. The van der Waals surface area contributed by atoms with Crippen LogP contribution in [0.15, 0.2) is 60.6 Å². The summed E-state index contributed by atoms with van der Waals surface area (Å²) < 4.78 is 47.1. The molecule has 3 N–H and O–H groups in total. The molecule has 2 aliphatic rings. The smallest absolute Gasteiger partial charge is 0.229 e. The van der Waals surface area contributed by atoms with E-state index < -0.39 is 17.3 Å². The monoisotopic (exact) mass is 518 g/mol. The lowest BCUT2D eigenvalue weighted by Gasteiger charge is -2.27. The highest BCUT2D eigenvalue weighted by Crippen LogP contribution is 2.44. The van der Waals surface area contributed by atoms with Gasteiger partial charge in [0, 0.05) is 12.2 Å². The second-order valence-electron chi connectivity index (χ2n) is 10.5. The molecule has 9 heteroatoms. The van der Waals surface area contributed by atoms with E-state index in [1.54, 1.807) is 24.7 Å². The summed E-state index contributed by atoms with van der Waals surface area (Å²) in [7, 11) is 0. The van der Waals surface area contributed by atoms with Crippen molar-refractivity contribution in [2.24, 2.45) is 5.73 Å². The highest BCUT2D eigenvalue weighted by molar-refractivity contribution is 5.66. The molecule has 6 nitrogen and oxygen atoms in total. The third kappa shape index (κ3) is 4.45. The lowest BCUT2D eigenvalue weighted by atomic mass is 9.82. The van der Waals surface area contributed by atoms with Crippen LogP contribution < -0.4 is 11.1 Å². The van der Waals surface area contributed by atoms with E-state index in [0.29, 0.717) is 24.3 Å². The number of allylic oxidation sites excluding steroid dienone is 1. The van der Waals surface area contributed by atoms with Crippen LogP contribution >= 0.6 is 0 Å². The fourth-order valence-corrected chi connectivity index (χ4v) is 5.93. The van der Waals surface area contributed by atoms with Crippen LogP contribution in [0, 0.1) is 11.6 Å². The minimum atomic E-state index is -1.68. The van der Waals surface area contributed by atoms with E-state index in [1.807, 2.05) is 6.07 Å². The molecule has 2 aliphatic carbocycles. The number of aromatic nitrogens is 4. The Morgan fingerprint density at radius 3 is 2.58 bits per heavy atom. The number of hydrogen-bond donors (Lipinski definition) is 2. The van der Waals surface area contributed by atoms with E-state index in [1.165, 1.54) is 16.2 Å². The third-order valence-electron chi connectivity index (χ3n) is 7.76. The molecule has 3 heterocycles. The normalized spacial score (nSPS) is 21.0. The van der Waals surface area contributed by atoms with Gasteiger partial charge in [0.05, 0.1) is 34.9 Å². The number of nitrogens with one attached hydrogen (secondary N) is 1. The molecule has 1 aromatic carbocycles. The Labute approximate surface area is 218 Å². The molecule has 1 saturated carbocycles. The van der Waals surface area contributed by atoms with Gasteiger partial charge in [-0.3, -0.25) is 4.98 Å². The van der Waals surface area contributed by atoms with Gasteiger partial charge in [0.15, 0.2) is 0 Å². The van der Waals surface area contributed by atoms with Crippen LogP contribution in [0.3, 0.4) is 0 Å². The molecular weight excluding hydrogens is 489 g/mol. The predicted molar refractivity (Wildman–Crippen MR) is 141 cm³/mol. The van der Waals surface area contributed by atoms with Gasteiger partial charge in [-0.1, -0.05) is 11.6 Å². The van der Waals surface area contributed by atoms with Gasteiger partial charge in [-0.05, 0) is 92.8 Å². The summed E-state index contributed by atoms with van der Waals surface area (Å²) in [6.45, 7) is 2.08. The standard InChI is InChI=1S/C29H29F3N6/c1-17-10-18(12-20(33)11-17)22-6-9-34-16-26(22)36-28-35-15-21-4-5-25(37-38(21)28)27-23(30)13-19(14-24(27)31)29(32)7-2-3-8-29/h4-6,9,11,13-16,18,20H,2-3,7-8,10,12,33H2,1H3,(H,35,36)/t18-,20+/m1/s1. The zero-order valence-electron chi connectivity index (χ0n) is 21.1. The molecule has 3 aromatic heterocycles. The molecule has 0 saturated heterocycles. The number of nitrogens with two attached hydrogens (primary N) is 1. The lowest BCUT2D eigenvalue weighted by molar-refractivity contribution is 0.173. The number of fused-ring (bicyclic) bond motifs is 1. The summed E-state index contributed by atoms with van der Waals surface area (Å²) in [5.74, 6) is -1.07. The first-order valence-electron chi connectivity index (χ1n) is 13.0. The Hall–Kier alpha value is -3.72. The van der Waals surface area contributed by atoms with Crippen molar-refractivity contribution in [3.05, 3.63) is 83.3 Å². The maximum Gasteiger partial charge on any atom is 0.229 e. The molecule has 0 amide bonds. The molecule has 0 spiro atoms. The van der Waals surface area contributed by atoms with Gasteiger partial charge in [-0.15, -0.1) is 0 Å². The average Bonchev–Trinajstić information content (AvgIpc) is 3.50. The molecule has 0 bridgehead atoms. The van der Waals surface area contributed by atoms with Crippen LogP contribution in [-0.2, 0) is 5.67 Å². The molecule has 6 rings (SSSR count). The average molecular weight is 519 g/mol. The van der Waals surface area contributed by atoms with Crippen molar-refractivity contribution < 1.29 is 13.2 Å². The van der Waals surface area contributed by atoms with E-state index in [9.17, 15) is 0 Å². The van der Waals surface area contributed by atoms with Crippen LogP contribution in [-0.4, -0.2) is 25.6 Å². The summed E-state index contributed by atoms with van der Waals surface area (Å²) in [5, 5.41) is 7.81. The molecule has 0 unspecified atom stereocenters. The highest BCUT2D eigenvalue weighted by Gasteiger charge is 2.37. The Kier molecular flexibility index (Phi) is 6.18. The molecular formula is C29H29F3N6. The SMILES string of the molecule is CC1=C[C@H](N)C[C@H](c2ccncc2Nc2ncc3ccc(-c4c(F)cc(C5(F)CCCC5)cc4F)nn23)C1. The van der Waals surface area contributed by atoms with Crippen molar-refractivity contribution in [1.29, 1.82) is 0 Å². The Balaban J connectivity index is 1.35. The van der Waals surface area contributed by atoms with Crippen LogP contribution in [0.4, 0.5) is 24.8 Å². The van der Waals surface area contributed by atoms with Crippen LogP contribution in [0.5, 0.6) is 0 Å². The number of anilines is 2. The van der Waals surface area contributed by atoms with Crippen molar-refractivity contribution in [2.45, 2.75) is 63.1 Å². The van der Waals surface area contributed by atoms with Gasteiger partial charge in [-0.25, -0.2) is 18.2 Å². The number of nitrogens with zero attached hydrogens (tertiary/aromatic N) is 4. The van der Waals surface area contributed by atoms with Gasteiger partial charge in [0.2, 0.25) is 5.95 Å².